The van der Waals surface area contributed by atoms with Crippen molar-refractivity contribution in [1.29, 1.82) is 0 Å². The van der Waals surface area contributed by atoms with Crippen molar-refractivity contribution in [2.75, 3.05) is 42.6 Å². The Bertz CT molecular complexity index is 2310. The SMILES string of the molecule is CC(Cl)C1CN(C(=O)CCCCC(=O)N2CC(CN)c3c2cc(OC2OC(CO)C(O)C(O)C2O)c2ccccc32)c2cc(OC3OC(CO)C(O)C(O)C3O)c3ccccc3c21. The second kappa shape index (κ2) is 18.7. The summed E-state index contributed by atoms with van der Waals surface area (Å²) in [7, 11) is 0. The number of hydrogen-bond donors (Lipinski definition) is 9. The molecule has 0 aromatic heterocycles. The van der Waals surface area contributed by atoms with Crippen LogP contribution in [0.25, 0.3) is 21.5 Å². The number of nitrogens with two attached hydrogens (primary N) is 1. The van der Waals surface area contributed by atoms with Crippen molar-refractivity contribution >= 4 is 56.3 Å². The van der Waals surface area contributed by atoms with Gasteiger partial charge in [0.1, 0.15) is 60.3 Å². The number of amides is 2. The normalized spacial score (nSPS) is 31.0. The lowest BCUT2D eigenvalue weighted by molar-refractivity contribution is -0.277. The van der Waals surface area contributed by atoms with Crippen LogP contribution in [0, 0.1) is 0 Å². The Hall–Kier alpha value is -4.21. The quantitative estimate of drug-likeness (QED) is 0.0671. The van der Waals surface area contributed by atoms with Gasteiger partial charge in [0.25, 0.3) is 0 Å². The van der Waals surface area contributed by atoms with Crippen LogP contribution in [-0.4, -0.2) is 152 Å². The molecule has 0 bridgehead atoms. The third kappa shape index (κ3) is 8.35. The summed E-state index contributed by atoms with van der Waals surface area (Å²) < 4.78 is 23.6. The summed E-state index contributed by atoms with van der Waals surface area (Å²) in [6, 6.07) is 18.1. The van der Waals surface area contributed by atoms with Gasteiger partial charge in [-0.25, -0.2) is 0 Å². The van der Waals surface area contributed by atoms with E-state index < -0.39 is 74.6 Å². The van der Waals surface area contributed by atoms with Gasteiger partial charge in [0, 0.05) is 72.6 Å². The van der Waals surface area contributed by atoms with Crippen LogP contribution in [0.4, 0.5) is 11.4 Å². The molecule has 8 rings (SSSR count). The maximum absolute atomic E-state index is 14.1. The lowest BCUT2D eigenvalue weighted by atomic mass is 9.92. The molecule has 4 aliphatic heterocycles. The van der Waals surface area contributed by atoms with Crippen LogP contribution < -0.4 is 25.0 Å². The van der Waals surface area contributed by atoms with Gasteiger partial charge in [-0.15, -0.1) is 11.6 Å². The van der Waals surface area contributed by atoms with E-state index in [0.29, 0.717) is 41.5 Å². The summed E-state index contributed by atoms with van der Waals surface area (Å²) in [5, 5.41) is 84.9. The molecule has 10 N–H and O–H groups in total. The summed E-state index contributed by atoms with van der Waals surface area (Å²) in [5.74, 6) is -0.341. The first-order valence-electron chi connectivity index (χ1n) is 21.3. The van der Waals surface area contributed by atoms with E-state index in [1.165, 1.54) is 0 Å². The van der Waals surface area contributed by atoms with Gasteiger partial charge in [0.05, 0.1) is 24.6 Å². The Morgan fingerprint density at radius 2 is 1.11 bits per heavy atom. The van der Waals surface area contributed by atoms with Crippen LogP contribution in [0.3, 0.4) is 0 Å². The molecule has 2 fully saturated rings. The molecule has 340 valence electrons. The van der Waals surface area contributed by atoms with Crippen LogP contribution in [-0.2, 0) is 19.1 Å². The number of carbonyl (C=O) groups excluding carboxylic acids is 2. The maximum Gasteiger partial charge on any atom is 0.229 e. The number of aliphatic hydroxyl groups is 8. The molecule has 0 spiro atoms. The molecule has 63 heavy (non-hydrogen) atoms. The first kappa shape index (κ1) is 45.4. The van der Waals surface area contributed by atoms with Gasteiger partial charge < -0.3 is 75.3 Å². The minimum Gasteiger partial charge on any atom is -0.461 e. The standard InChI is InChI=1S/C45H54ClN3O14/c1-21(46)27-18-49(29-15-31(24-9-3-5-11-26(24)37(27)29)61-45-43(59)41(57)39(55)33(20-51)63-45)35(53)13-7-6-12-34(52)48-17-22(16-47)36-25-10-4-2-8-23(25)30(14-28(36)48)60-44-42(58)40(56)38(54)32(19-50)62-44/h2-5,8-11,14-15,21-22,27,32-33,38-45,50-51,54-59H,6-7,12-13,16-20,47H2,1H3. The largest absolute Gasteiger partial charge is 0.461 e. The van der Waals surface area contributed by atoms with E-state index in [1.54, 1.807) is 21.9 Å². The van der Waals surface area contributed by atoms with E-state index in [9.17, 15) is 50.4 Å². The van der Waals surface area contributed by atoms with Crippen LogP contribution >= 0.6 is 11.6 Å². The molecular formula is C45H54ClN3O14. The molecular weight excluding hydrogens is 842 g/mol. The van der Waals surface area contributed by atoms with E-state index in [-0.39, 0.29) is 66.5 Å². The number of hydrogen-bond acceptors (Lipinski definition) is 15. The zero-order chi connectivity index (χ0) is 44.9. The Morgan fingerprint density at radius 1 is 0.683 bits per heavy atom. The third-order valence-corrected chi connectivity index (χ3v) is 13.2. The van der Waals surface area contributed by atoms with Gasteiger partial charge in [-0.1, -0.05) is 48.5 Å². The molecule has 4 aromatic rings. The summed E-state index contributed by atoms with van der Waals surface area (Å²) in [6.07, 6.45) is -14.0. The molecule has 0 radical (unpaired) electrons. The predicted octanol–water partition coefficient (Wildman–Crippen LogP) is 1.06. The highest BCUT2D eigenvalue weighted by molar-refractivity contribution is 6.21. The first-order chi connectivity index (χ1) is 30.3. The van der Waals surface area contributed by atoms with Crippen molar-refractivity contribution in [2.45, 2.75) is 111 Å². The second-order valence-electron chi connectivity index (χ2n) is 16.8. The molecule has 18 heteroatoms. The third-order valence-electron chi connectivity index (χ3n) is 12.9. The van der Waals surface area contributed by atoms with Crippen LogP contribution in [0.15, 0.2) is 60.7 Å². The fraction of sp³-hybridized carbons (Fsp3) is 0.511. The number of nitrogens with zero attached hydrogens (tertiary/aromatic N) is 2. The smallest absolute Gasteiger partial charge is 0.229 e. The number of fused-ring (bicyclic) bond motifs is 6. The lowest BCUT2D eigenvalue weighted by Gasteiger charge is -2.39. The topological polar surface area (TPSA) is 265 Å². The molecule has 0 aliphatic carbocycles. The van der Waals surface area contributed by atoms with Gasteiger partial charge >= 0.3 is 0 Å². The fourth-order valence-corrected chi connectivity index (χ4v) is 9.61. The molecule has 4 heterocycles. The average Bonchev–Trinajstić information content (AvgIpc) is 3.87. The molecule has 2 amide bonds. The van der Waals surface area contributed by atoms with E-state index in [4.69, 9.17) is 36.3 Å². The lowest BCUT2D eigenvalue weighted by Crippen LogP contribution is -2.60. The van der Waals surface area contributed by atoms with Gasteiger partial charge in [-0.2, -0.15) is 0 Å². The summed E-state index contributed by atoms with van der Waals surface area (Å²) >= 11 is 6.76. The van der Waals surface area contributed by atoms with Gasteiger partial charge in [-0.3, -0.25) is 9.59 Å². The van der Waals surface area contributed by atoms with Crippen molar-refractivity contribution in [2.24, 2.45) is 5.73 Å². The van der Waals surface area contributed by atoms with Crippen LogP contribution in [0.5, 0.6) is 11.5 Å². The molecule has 2 saturated heterocycles. The number of ether oxygens (including phenoxy) is 4. The Kier molecular flexibility index (Phi) is 13.5. The van der Waals surface area contributed by atoms with E-state index >= 15 is 0 Å². The monoisotopic (exact) mass is 895 g/mol. The number of aliphatic hydroxyl groups excluding tert-OH is 8. The summed E-state index contributed by atoms with van der Waals surface area (Å²) in [5.41, 5.74) is 9.08. The Morgan fingerprint density at radius 3 is 1.56 bits per heavy atom. The summed E-state index contributed by atoms with van der Waals surface area (Å²) in [4.78, 5) is 31.4. The predicted molar refractivity (Wildman–Crippen MR) is 230 cm³/mol. The van der Waals surface area contributed by atoms with Crippen molar-refractivity contribution in [3.05, 3.63) is 71.8 Å². The minimum atomic E-state index is -1.65. The van der Waals surface area contributed by atoms with E-state index in [1.807, 2.05) is 55.5 Å². The molecule has 17 nitrogen and oxygen atoms in total. The Labute approximate surface area is 367 Å². The molecule has 13 unspecified atom stereocenters. The average molecular weight is 896 g/mol. The van der Waals surface area contributed by atoms with Crippen LogP contribution in [0.1, 0.15) is 55.6 Å². The number of unbranched alkanes of at least 4 members (excludes halogenated alkanes) is 1. The highest BCUT2D eigenvalue weighted by Crippen LogP contribution is 2.49. The Balaban J connectivity index is 0.987. The van der Waals surface area contributed by atoms with E-state index in [2.05, 4.69) is 0 Å². The second-order valence-corrected chi connectivity index (χ2v) is 17.5. The first-order valence-corrected chi connectivity index (χ1v) is 21.7. The minimum absolute atomic E-state index is 0.107. The number of alkyl halides is 1. The number of rotatable bonds is 13. The highest BCUT2D eigenvalue weighted by Gasteiger charge is 2.47. The van der Waals surface area contributed by atoms with E-state index in [0.717, 1.165) is 21.9 Å². The van der Waals surface area contributed by atoms with Gasteiger partial charge in [-0.05, 0) is 41.7 Å². The van der Waals surface area contributed by atoms with Crippen molar-refractivity contribution < 1.29 is 69.4 Å². The summed E-state index contributed by atoms with van der Waals surface area (Å²) in [6.45, 7) is 1.47. The maximum atomic E-state index is 14.1. The molecule has 4 aliphatic rings. The van der Waals surface area contributed by atoms with Crippen LogP contribution in [0.2, 0.25) is 0 Å². The van der Waals surface area contributed by atoms with Gasteiger partial charge in [0.2, 0.25) is 24.4 Å². The number of benzene rings is 4. The number of anilines is 2. The number of carbonyl (C=O) groups is 2. The highest BCUT2D eigenvalue weighted by atomic mass is 35.5. The molecule has 0 saturated carbocycles. The molecule has 13 atom stereocenters. The van der Waals surface area contributed by atoms with Crippen molar-refractivity contribution in [3.63, 3.8) is 0 Å². The fourth-order valence-electron chi connectivity index (χ4n) is 9.40. The van der Waals surface area contributed by atoms with Crippen molar-refractivity contribution in [3.8, 4) is 11.5 Å². The van der Waals surface area contributed by atoms with Gasteiger partial charge in [0.15, 0.2) is 0 Å². The zero-order valence-electron chi connectivity index (χ0n) is 34.5. The number of halogens is 1. The molecule has 4 aromatic carbocycles. The van der Waals surface area contributed by atoms with Crippen molar-refractivity contribution in [1.82, 2.24) is 0 Å². The zero-order valence-corrected chi connectivity index (χ0v) is 35.3.